The van der Waals surface area contributed by atoms with Gasteiger partial charge in [-0.1, -0.05) is 6.07 Å². The van der Waals surface area contributed by atoms with Gasteiger partial charge >= 0.3 is 0 Å². The Hall–Kier alpha value is -1.18. The predicted molar refractivity (Wildman–Crippen MR) is 64.1 cm³/mol. The molecule has 1 aliphatic rings. The first kappa shape index (κ1) is 11.3. The number of carbonyl (C=O) groups is 1. The zero-order valence-corrected chi connectivity index (χ0v) is 9.69. The Bertz CT molecular complexity index is 322. The Kier molecular flexibility index (Phi) is 4.09. The molecule has 0 saturated heterocycles. The van der Waals surface area contributed by atoms with Crippen LogP contribution in [0.3, 0.4) is 0 Å². The predicted octanol–water partition coefficient (Wildman–Crippen LogP) is 3.16. The van der Waals surface area contributed by atoms with Gasteiger partial charge in [-0.25, -0.2) is 0 Å². The van der Waals surface area contributed by atoms with Gasteiger partial charge in [0, 0.05) is 24.7 Å². The lowest BCUT2D eigenvalue weighted by Gasteiger charge is -2.18. The number of aromatic nitrogens is 1. The van der Waals surface area contributed by atoms with Crippen LogP contribution in [0.4, 0.5) is 0 Å². The van der Waals surface area contributed by atoms with E-state index in [4.69, 9.17) is 0 Å². The minimum atomic E-state index is 0.455. The van der Waals surface area contributed by atoms with E-state index in [1.54, 1.807) is 0 Å². The largest absolute Gasteiger partial charge is 0.300 e. The topological polar surface area (TPSA) is 30.0 Å². The van der Waals surface area contributed by atoms with E-state index in [2.05, 4.69) is 17.1 Å². The molecule has 1 aromatic heterocycles. The van der Waals surface area contributed by atoms with E-state index < -0.39 is 0 Å². The molecular weight excluding hydrogens is 198 g/mol. The maximum atomic E-state index is 11.3. The van der Waals surface area contributed by atoms with Crippen LogP contribution in [0.25, 0.3) is 0 Å². The standard InChI is InChI=1S/C14H19NO/c16-14-8-3-5-12(6-4-9-14)11-13-7-1-2-10-15-13/h1-2,7,10,12H,3-6,8-9,11H2. The van der Waals surface area contributed by atoms with Gasteiger partial charge in [0.25, 0.3) is 0 Å². The average molecular weight is 217 g/mol. The summed E-state index contributed by atoms with van der Waals surface area (Å²) in [7, 11) is 0. The number of Topliss-reactive ketones (excluding diaryl/α,β-unsaturated/α-hetero) is 1. The van der Waals surface area contributed by atoms with Crippen LogP contribution in [0.5, 0.6) is 0 Å². The minimum Gasteiger partial charge on any atom is -0.300 e. The molecule has 0 amide bonds. The molecule has 2 rings (SSSR count). The van der Waals surface area contributed by atoms with Gasteiger partial charge in [0.1, 0.15) is 5.78 Å². The molecule has 0 radical (unpaired) electrons. The van der Waals surface area contributed by atoms with Crippen LogP contribution in [-0.2, 0) is 11.2 Å². The van der Waals surface area contributed by atoms with Crippen molar-refractivity contribution in [3.05, 3.63) is 30.1 Å². The molecular formula is C14H19NO. The van der Waals surface area contributed by atoms with Crippen molar-refractivity contribution in [3.63, 3.8) is 0 Å². The van der Waals surface area contributed by atoms with Crippen molar-refractivity contribution in [3.8, 4) is 0 Å². The second-order valence-electron chi connectivity index (χ2n) is 4.71. The number of rotatable bonds is 2. The number of carbonyl (C=O) groups excluding carboxylic acids is 1. The molecule has 1 fully saturated rings. The lowest BCUT2D eigenvalue weighted by atomic mass is 9.87. The van der Waals surface area contributed by atoms with Gasteiger partial charge < -0.3 is 0 Å². The summed E-state index contributed by atoms with van der Waals surface area (Å²) in [6, 6.07) is 6.11. The van der Waals surface area contributed by atoms with E-state index in [0.717, 1.165) is 38.0 Å². The molecule has 16 heavy (non-hydrogen) atoms. The van der Waals surface area contributed by atoms with Crippen LogP contribution < -0.4 is 0 Å². The van der Waals surface area contributed by atoms with Crippen molar-refractivity contribution in [1.82, 2.24) is 4.98 Å². The van der Waals surface area contributed by atoms with Gasteiger partial charge in [0.05, 0.1) is 0 Å². The summed E-state index contributed by atoms with van der Waals surface area (Å²) >= 11 is 0. The maximum Gasteiger partial charge on any atom is 0.132 e. The van der Waals surface area contributed by atoms with Crippen LogP contribution in [-0.4, -0.2) is 10.8 Å². The first-order valence-corrected chi connectivity index (χ1v) is 6.26. The molecule has 0 aliphatic heterocycles. The highest BCUT2D eigenvalue weighted by Gasteiger charge is 2.15. The number of hydrogen-bond donors (Lipinski definition) is 0. The quantitative estimate of drug-likeness (QED) is 0.761. The maximum absolute atomic E-state index is 11.3. The van der Waals surface area contributed by atoms with Crippen molar-refractivity contribution >= 4 is 5.78 Å². The van der Waals surface area contributed by atoms with E-state index in [-0.39, 0.29) is 0 Å². The van der Waals surface area contributed by atoms with Crippen molar-refractivity contribution in [1.29, 1.82) is 0 Å². The highest BCUT2D eigenvalue weighted by molar-refractivity contribution is 5.78. The third-order valence-corrected chi connectivity index (χ3v) is 3.36. The zero-order valence-electron chi connectivity index (χ0n) is 9.69. The van der Waals surface area contributed by atoms with Crippen LogP contribution in [0.2, 0.25) is 0 Å². The average Bonchev–Trinajstić information content (AvgIpc) is 2.27. The van der Waals surface area contributed by atoms with Crippen LogP contribution in [0.15, 0.2) is 24.4 Å². The minimum absolute atomic E-state index is 0.455. The molecule has 0 atom stereocenters. The van der Waals surface area contributed by atoms with Crippen LogP contribution >= 0.6 is 0 Å². The second kappa shape index (κ2) is 5.78. The summed E-state index contributed by atoms with van der Waals surface area (Å²) in [6.45, 7) is 0. The molecule has 1 heterocycles. The third kappa shape index (κ3) is 3.44. The Labute approximate surface area is 97.1 Å². The molecule has 1 aliphatic carbocycles. The first-order valence-electron chi connectivity index (χ1n) is 6.26. The second-order valence-corrected chi connectivity index (χ2v) is 4.71. The molecule has 0 bridgehead atoms. The SMILES string of the molecule is O=C1CCCC(Cc2ccccn2)CCC1. The Balaban J connectivity index is 1.87. The van der Waals surface area contributed by atoms with E-state index in [1.807, 2.05) is 12.3 Å². The highest BCUT2D eigenvalue weighted by Crippen LogP contribution is 2.23. The zero-order chi connectivity index (χ0) is 11.2. The van der Waals surface area contributed by atoms with Crippen molar-refractivity contribution in [2.75, 3.05) is 0 Å². The van der Waals surface area contributed by atoms with E-state index in [0.29, 0.717) is 5.78 Å². The van der Waals surface area contributed by atoms with Crippen LogP contribution in [0, 0.1) is 5.92 Å². The lowest BCUT2D eigenvalue weighted by molar-refractivity contribution is -0.119. The fraction of sp³-hybridized carbons (Fsp3) is 0.571. The number of nitrogens with zero attached hydrogens (tertiary/aromatic N) is 1. The Morgan fingerprint density at radius 1 is 1.19 bits per heavy atom. The van der Waals surface area contributed by atoms with Gasteiger partial charge in [0.2, 0.25) is 0 Å². The molecule has 86 valence electrons. The van der Waals surface area contributed by atoms with Gasteiger partial charge in [0.15, 0.2) is 0 Å². The molecule has 2 heteroatoms. The Morgan fingerprint density at radius 2 is 1.94 bits per heavy atom. The van der Waals surface area contributed by atoms with Crippen molar-refractivity contribution in [2.24, 2.45) is 5.92 Å². The van der Waals surface area contributed by atoms with Gasteiger partial charge in [-0.05, 0) is 50.2 Å². The third-order valence-electron chi connectivity index (χ3n) is 3.36. The number of pyridine rings is 1. The van der Waals surface area contributed by atoms with Crippen LogP contribution in [0.1, 0.15) is 44.2 Å². The first-order chi connectivity index (χ1) is 7.84. The fourth-order valence-electron chi connectivity index (χ4n) is 2.46. The number of hydrogen-bond acceptors (Lipinski definition) is 2. The number of ketones is 1. The summed E-state index contributed by atoms with van der Waals surface area (Å²) < 4.78 is 0. The summed E-state index contributed by atoms with van der Waals surface area (Å²) in [4.78, 5) is 15.7. The van der Waals surface area contributed by atoms with E-state index >= 15 is 0 Å². The van der Waals surface area contributed by atoms with Crippen molar-refractivity contribution in [2.45, 2.75) is 44.9 Å². The van der Waals surface area contributed by atoms with Gasteiger partial charge in [-0.3, -0.25) is 9.78 Å². The fourth-order valence-corrected chi connectivity index (χ4v) is 2.46. The lowest BCUT2D eigenvalue weighted by Crippen LogP contribution is -2.11. The summed E-state index contributed by atoms with van der Waals surface area (Å²) in [5.74, 6) is 1.18. The molecule has 1 aromatic rings. The van der Waals surface area contributed by atoms with E-state index in [1.165, 1.54) is 18.5 Å². The van der Waals surface area contributed by atoms with E-state index in [9.17, 15) is 4.79 Å². The Morgan fingerprint density at radius 3 is 2.56 bits per heavy atom. The summed E-state index contributed by atoms with van der Waals surface area (Å²) in [5, 5.41) is 0. The normalized spacial score (nSPS) is 19.1. The molecule has 0 N–H and O–H groups in total. The van der Waals surface area contributed by atoms with Crippen molar-refractivity contribution < 1.29 is 4.79 Å². The highest BCUT2D eigenvalue weighted by atomic mass is 16.1. The molecule has 0 aromatic carbocycles. The smallest absolute Gasteiger partial charge is 0.132 e. The molecule has 2 nitrogen and oxygen atoms in total. The summed E-state index contributed by atoms with van der Waals surface area (Å²) in [5.41, 5.74) is 1.19. The van der Waals surface area contributed by atoms with Gasteiger partial charge in [-0.2, -0.15) is 0 Å². The molecule has 0 spiro atoms. The summed E-state index contributed by atoms with van der Waals surface area (Å²) in [6.07, 6.45) is 9.02. The molecule has 0 unspecified atom stereocenters. The van der Waals surface area contributed by atoms with Gasteiger partial charge in [-0.15, -0.1) is 0 Å². The molecule has 1 saturated carbocycles. The monoisotopic (exact) mass is 217 g/mol.